The largest absolute Gasteiger partial charge is 0.493 e. The van der Waals surface area contributed by atoms with Gasteiger partial charge in [-0.25, -0.2) is 8.42 Å². The average molecular weight is 374 g/mol. The van der Waals surface area contributed by atoms with Crippen LogP contribution in [-0.2, 0) is 9.84 Å². The number of ketones is 1. The molecule has 7 heteroatoms. The minimum atomic E-state index is -3.56. The Labute approximate surface area is 151 Å². The van der Waals surface area contributed by atoms with Gasteiger partial charge in [-0.1, -0.05) is 12.1 Å². The van der Waals surface area contributed by atoms with E-state index < -0.39 is 9.84 Å². The highest BCUT2D eigenvalue weighted by Gasteiger charge is 2.32. The Kier molecular flexibility index (Phi) is 4.73. The van der Waals surface area contributed by atoms with Crippen LogP contribution >= 0.6 is 0 Å². The topological polar surface area (TPSA) is 78.9 Å². The van der Waals surface area contributed by atoms with Gasteiger partial charge in [-0.15, -0.1) is 0 Å². The maximum Gasteiger partial charge on any atom is 0.203 e. The average Bonchev–Trinajstić information content (AvgIpc) is 2.65. The lowest BCUT2D eigenvalue weighted by Gasteiger charge is -2.18. The molecular weight excluding hydrogens is 356 g/mol. The molecule has 0 N–H and O–H groups in total. The van der Waals surface area contributed by atoms with Gasteiger partial charge in [0.1, 0.15) is 0 Å². The number of carbonyl (C=O) groups is 1. The van der Waals surface area contributed by atoms with Crippen molar-refractivity contribution in [3.05, 3.63) is 53.1 Å². The zero-order valence-electron chi connectivity index (χ0n) is 14.6. The first-order chi connectivity index (χ1) is 12.4. The molecule has 0 unspecified atom stereocenters. The summed E-state index contributed by atoms with van der Waals surface area (Å²) in [5, 5.41) is 0. The quantitative estimate of drug-likeness (QED) is 0.766. The molecule has 0 radical (unpaired) electrons. The van der Waals surface area contributed by atoms with Crippen LogP contribution in [0, 0.1) is 0 Å². The minimum absolute atomic E-state index is 0.0760. The van der Waals surface area contributed by atoms with Crippen LogP contribution < -0.4 is 14.2 Å². The van der Waals surface area contributed by atoms with Crippen molar-refractivity contribution in [3.63, 3.8) is 0 Å². The fourth-order valence-corrected chi connectivity index (χ4v) is 4.50. The molecule has 26 heavy (non-hydrogen) atoms. The summed E-state index contributed by atoms with van der Waals surface area (Å²) in [5.41, 5.74) is 0.966. The summed E-state index contributed by atoms with van der Waals surface area (Å²) in [7, 11) is 0.902. The monoisotopic (exact) mass is 374 g/mol. The van der Waals surface area contributed by atoms with Crippen LogP contribution in [0.5, 0.6) is 17.2 Å². The molecule has 6 nitrogen and oxygen atoms in total. The van der Waals surface area contributed by atoms with Gasteiger partial charge in [0.25, 0.3) is 0 Å². The van der Waals surface area contributed by atoms with Crippen LogP contribution in [0.25, 0.3) is 6.08 Å². The van der Waals surface area contributed by atoms with Crippen molar-refractivity contribution in [1.29, 1.82) is 0 Å². The Morgan fingerprint density at radius 2 is 1.58 bits per heavy atom. The molecule has 3 rings (SSSR count). The van der Waals surface area contributed by atoms with Crippen molar-refractivity contribution in [2.75, 3.05) is 27.1 Å². The van der Waals surface area contributed by atoms with Crippen LogP contribution in [0.2, 0.25) is 0 Å². The summed E-state index contributed by atoms with van der Waals surface area (Å²) in [6.07, 6.45) is 1.54. The predicted octanol–water partition coefficient (Wildman–Crippen LogP) is 2.77. The van der Waals surface area contributed by atoms with Gasteiger partial charge >= 0.3 is 0 Å². The summed E-state index contributed by atoms with van der Waals surface area (Å²) in [5.74, 6) is 0.615. The lowest BCUT2D eigenvalue weighted by molar-refractivity contribution is 0.103. The van der Waals surface area contributed by atoms with E-state index in [4.69, 9.17) is 14.2 Å². The summed E-state index contributed by atoms with van der Waals surface area (Å²) in [6.45, 7) is 0. The first kappa shape index (κ1) is 18.0. The van der Waals surface area contributed by atoms with Crippen LogP contribution in [0.3, 0.4) is 0 Å². The van der Waals surface area contributed by atoms with Crippen molar-refractivity contribution < 1.29 is 27.4 Å². The molecule has 0 fully saturated rings. The summed E-state index contributed by atoms with van der Waals surface area (Å²) >= 11 is 0. The molecular formula is C19H18O6S. The second-order valence-corrected chi connectivity index (χ2v) is 7.67. The van der Waals surface area contributed by atoms with E-state index in [-0.39, 0.29) is 27.6 Å². The molecule has 1 heterocycles. The number of Topliss-reactive ketones (excluding diaryl/α,β-unsaturated/α-hetero) is 1. The molecule has 0 aromatic heterocycles. The van der Waals surface area contributed by atoms with E-state index in [2.05, 4.69) is 0 Å². The lowest BCUT2D eigenvalue weighted by atomic mass is 10.0. The first-order valence-corrected chi connectivity index (χ1v) is 9.43. The second kappa shape index (κ2) is 6.84. The van der Waals surface area contributed by atoms with Gasteiger partial charge < -0.3 is 14.2 Å². The molecule has 0 saturated carbocycles. The molecule has 1 aliphatic heterocycles. The van der Waals surface area contributed by atoms with Crippen LogP contribution in [-0.4, -0.2) is 41.3 Å². The fraction of sp³-hybridized carbons (Fsp3) is 0.211. The summed E-state index contributed by atoms with van der Waals surface area (Å²) in [6, 6.07) is 9.56. The smallest absolute Gasteiger partial charge is 0.203 e. The Morgan fingerprint density at radius 1 is 0.962 bits per heavy atom. The van der Waals surface area contributed by atoms with Gasteiger partial charge in [-0.3, -0.25) is 4.79 Å². The van der Waals surface area contributed by atoms with Crippen molar-refractivity contribution in [1.82, 2.24) is 0 Å². The number of benzene rings is 2. The van der Waals surface area contributed by atoms with E-state index in [9.17, 15) is 13.2 Å². The fourth-order valence-electron chi connectivity index (χ4n) is 2.94. The number of hydrogen-bond acceptors (Lipinski definition) is 6. The zero-order valence-corrected chi connectivity index (χ0v) is 15.4. The highest BCUT2D eigenvalue weighted by molar-refractivity contribution is 7.91. The molecule has 1 aliphatic rings. The number of carbonyl (C=O) groups excluding carboxylic acids is 1. The number of hydrogen-bond donors (Lipinski definition) is 0. The lowest BCUT2D eigenvalue weighted by Crippen LogP contribution is -2.24. The second-order valence-electron chi connectivity index (χ2n) is 5.71. The normalized spacial score (nSPS) is 16.9. The van der Waals surface area contributed by atoms with E-state index in [1.54, 1.807) is 30.3 Å². The molecule has 2 aromatic rings. The van der Waals surface area contributed by atoms with Gasteiger partial charge in [0.05, 0.1) is 32.0 Å². The van der Waals surface area contributed by atoms with Crippen LogP contribution in [0.1, 0.15) is 15.9 Å². The third-order valence-corrected chi connectivity index (χ3v) is 5.85. The molecule has 136 valence electrons. The third-order valence-electron chi connectivity index (χ3n) is 4.13. The summed E-state index contributed by atoms with van der Waals surface area (Å²) in [4.78, 5) is 12.8. The molecule has 0 atom stereocenters. The maximum absolute atomic E-state index is 12.7. The van der Waals surface area contributed by atoms with Crippen molar-refractivity contribution in [2.45, 2.75) is 4.90 Å². The van der Waals surface area contributed by atoms with Gasteiger partial charge in [0.15, 0.2) is 27.1 Å². The third kappa shape index (κ3) is 3.06. The van der Waals surface area contributed by atoms with Gasteiger partial charge in [0.2, 0.25) is 5.75 Å². The van der Waals surface area contributed by atoms with Crippen LogP contribution in [0.15, 0.2) is 46.9 Å². The number of ether oxygens (including phenoxy) is 3. The zero-order chi connectivity index (χ0) is 18.9. The van der Waals surface area contributed by atoms with Crippen molar-refractivity contribution in [2.24, 2.45) is 0 Å². The van der Waals surface area contributed by atoms with E-state index >= 15 is 0 Å². The van der Waals surface area contributed by atoms with E-state index in [1.807, 2.05) is 0 Å². The number of methoxy groups -OCH3 is 3. The molecule has 0 amide bonds. The Bertz CT molecular complexity index is 979. The number of sulfone groups is 1. The molecule has 0 bridgehead atoms. The highest BCUT2D eigenvalue weighted by Crippen LogP contribution is 2.39. The van der Waals surface area contributed by atoms with Crippen LogP contribution in [0.4, 0.5) is 0 Å². The molecule has 2 aromatic carbocycles. The Hall–Kier alpha value is -2.80. The summed E-state index contributed by atoms with van der Waals surface area (Å²) < 4.78 is 40.9. The number of rotatable bonds is 4. The SMILES string of the molecule is COc1cc(C=C2CS(=O)(=O)c3ccccc3C2=O)cc(OC)c1OC. The van der Waals surface area contributed by atoms with E-state index in [0.717, 1.165) is 0 Å². The Balaban J connectivity index is 2.13. The van der Waals surface area contributed by atoms with Gasteiger partial charge in [-0.2, -0.15) is 0 Å². The van der Waals surface area contributed by atoms with E-state index in [1.165, 1.54) is 33.5 Å². The standard InChI is InChI=1S/C19H18O6S/c1-23-15-9-12(10-16(24-2)19(15)25-3)8-13-11-26(21,22)17-7-5-4-6-14(17)18(13)20/h4-10H,11H2,1-3H3. The Morgan fingerprint density at radius 3 is 2.15 bits per heavy atom. The minimum Gasteiger partial charge on any atom is -0.493 e. The van der Waals surface area contributed by atoms with Crippen molar-refractivity contribution in [3.8, 4) is 17.2 Å². The predicted molar refractivity (Wildman–Crippen MR) is 96.9 cm³/mol. The molecule has 0 spiro atoms. The molecule has 0 saturated heterocycles. The maximum atomic E-state index is 12.7. The van der Waals surface area contributed by atoms with Crippen molar-refractivity contribution >= 4 is 21.7 Å². The highest BCUT2D eigenvalue weighted by atomic mass is 32.2. The number of fused-ring (bicyclic) bond motifs is 1. The van der Waals surface area contributed by atoms with Gasteiger partial charge in [-0.05, 0) is 35.9 Å². The molecule has 0 aliphatic carbocycles. The van der Waals surface area contributed by atoms with Gasteiger partial charge in [0, 0.05) is 11.1 Å². The first-order valence-electron chi connectivity index (χ1n) is 7.78. The van der Waals surface area contributed by atoms with E-state index in [0.29, 0.717) is 22.8 Å².